The molecule has 5 nitrogen and oxygen atoms in total. The normalized spacial score (nSPS) is 14.2. The number of nitrogens with one attached hydrogen (secondary N) is 1. The summed E-state index contributed by atoms with van der Waals surface area (Å²) >= 11 is 0. The van der Waals surface area contributed by atoms with E-state index in [1.54, 1.807) is 19.2 Å². The molecule has 4 rings (SSSR count). The van der Waals surface area contributed by atoms with Gasteiger partial charge in [0, 0.05) is 11.3 Å². The summed E-state index contributed by atoms with van der Waals surface area (Å²) in [7, 11) is 1.55. The third-order valence-corrected chi connectivity index (χ3v) is 5.86. The van der Waals surface area contributed by atoms with E-state index in [1.807, 2.05) is 67.6 Å². The summed E-state index contributed by atoms with van der Waals surface area (Å²) in [6, 6.07) is 22.5. The van der Waals surface area contributed by atoms with Crippen LogP contribution in [-0.2, 0) is 15.0 Å². The zero-order valence-electron chi connectivity index (χ0n) is 19.6. The third kappa shape index (κ3) is 4.14. The van der Waals surface area contributed by atoms with Crippen LogP contribution in [0.3, 0.4) is 0 Å². The lowest BCUT2D eigenvalue weighted by Gasteiger charge is -2.21. The lowest BCUT2D eigenvalue weighted by molar-refractivity contribution is -0.120. The van der Waals surface area contributed by atoms with Crippen molar-refractivity contribution in [2.24, 2.45) is 0 Å². The van der Waals surface area contributed by atoms with E-state index in [2.05, 4.69) is 26.1 Å². The van der Waals surface area contributed by atoms with Gasteiger partial charge < -0.3 is 10.1 Å². The molecular formula is C28H28N2O3. The molecule has 0 spiro atoms. The molecule has 0 unspecified atom stereocenters. The number of aryl methyl sites for hydroxylation is 1. The number of methoxy groups -OCH3 is 1. The molecule has 0 saturated carbocycles. The summed E-state index contributed by atoms with van der Waals surface area (Å²) in [6.45, 7) is 8.33. The Kier molecular flexibility index (Phi) is 5.81. The Labute approximate surface area is 194 Å². The zero-order chi connectivity index (χ0) is 23.8. The lowest BCUT2D eigenvalue weighted by Crippen LogP contribution is -2.32. The largest absolute Gasteiger partial charge is 0.496 e. The molecule has 0 fully saturated rings. The van der Waals surface area contributed by atoms with Crippen molar-refractivity contribution in [2.45, 2.75) is 33.1 Å². The highest BCUT2D eigenvalue weighted by atomic mass is 16.5. The highest BCUT2D eigenvalue weighted by molar-refractivity contribution is 6.46. The molecule has 1 N–H and O–H groups in total. The number of rotatable bonds is 5. The van der Waals surface area contributed by atoms with Gasteiger partial charge in [-0.05, 0) is 47.7 Å². The first kappa shape index (κ1) is 22.3. The van der Waals surface area contributed by atoms with Crippen molar-refractivity contribution in [3.63, 3.8) is 0 Å². The first-order valence-electron chi connectivity index (χ1n) is 10.9. The minimum Gasteiger partial charge on any atom is -0.496 e. The van der Waals surface area contributed by atoms with Crippen molar-refractivity contribution in [3.8, 4) is 5.75 Å². The molecule has 0 bridgehead atoms. The highest BCUT2D eigenvalue weighted by Crippen LogP contribution is 2.38. The molecule has 0 aliphatic carbocycles. The van der Waals surface area contributed by atoms with Gasteiger partial charge in [0.2, 0.25) is 0 Å². The molecule has 2 amide bonds. The second kappa shape index (κ2) is 8.58. The van der Waals surface area contributed by atoms with Crippen molar-refractivity contribution in [3.05, 3.63) is 95.2 Å². The van der Waals surface area contributed by atoms with E-state index in [4.69, 9.17) is 4.74 Å². The Balaban J connectivity index is 1.83. The van der Waals surface area contributed by atoms with Crippen LogP contribution in [0.4, 0.5) is 11.4 Å². The molecule has 33 heavy (non-hydrogen) atoms. The fourth-order valence-corrected chi connectivity index (χ4v) is 3.94. The molecular weight excluding hydrogens is 412 g/mol. The van der Waals surface area contributed by atoms with Gasteiger partial charge in [0.15, 0.2) is 0 Å². The molecule has 0 radical (unpaired) electrons. The standard InChI is InChI=1S/C28H28N2O3/c1-18-10-6-8-12-22(18)29-25-24(21-11-7-9-13-23(21)33-5)26(31)30(27(25)32)20-16-14-19(15-17-20)28(2,3)4/h6-17,29H,1-5H3. The smallest absolute Gasteiger partial charge is 0.282 e. The maximum Gasteiger partial charge on any atom is 0.282 e. The summed E-state index contributed by atoms with van der Waals surface area (Å²) in [4.78, 5) is 28.6. The van der Waals surface area contributed by atoms with Gasteiger partial charge in [-0.1, -0.05) is 69.3 Å². The molecule has 1 heterocycles. The van der Waals surface area contributed by atoms with E-state index in [0.717, 1.165) is 16.8 Å². The first-order valence-corrected chi connectivity index (χ1v) is 10.9. The molecule has 0 atom stereocenters. The topological polar surface area (TPSA) is 58.6 Å². The van der Waals surface area contributed by atoms with E-state index >= 15 is 0 Å². The monoisotopic (exact) mass is 440 g/mol. The number of amides is 2. The number of hydrogen-bond acceptors (Lipinski definition) is 4. The molecule has 0 saturated heterocycles. The van der Waals surface area contributed by atoms with Crippen molar-refractivity contribution >= 4 is 28.8 Å². The number of imide groups is 1. The lowest BCUT2D eigenvalue weighted by atomic mass is 9.87. The van der Waals surface area contributed by atoms with Crippen LogP contribution in [0.1, 0.15) is 37.5 Å². The van der Waals surface area contributed by atoms with Crippen LogP contribution in [0.2, 0.25) is 0 Å². The van der Waals surface area contributed by atoms with Gasteiger partial charge in [-0.3, -0.25) is 9.59 Å². The SMILES string of the molecule is COc1ccccc1C1=C(Nc2ccccc2C)C(=O)N(c2ccc(C(C)(C)C)cc2)C1=O. The van der Waals surface area contributed by atoms with Gasteiger partial charge in [0.1, 0.15) is 11.4 Å². The van der Waals surface area contributed by atoms with E-state index in [9.17, 15) is 9.59 Å². The fraction of sp³-hybridized carbons (Fsp3) is 0.214. The number of hydrogen-bond donors (Lipinski definition) is 1. The van der Waals surface area contributed by atoms with Crippen LogP contribution in [0.25, 0.3) is 5.57 Å². The van der Waals surface area contributed by atoms with Crippen LogP contribution in [0.5, 0.6) is 5.75 Å². The third-order valence-electron chi connectivity index (χ3n) is 5.86. The first-order chi connectivity index (χ1) is 15.7. The average molecular weight is 441 g/mol. The van der Waals surface area contributed by atoms with Crippen LogP contribution in [0, 0.1) is 6.92 Å². The number of ether oxygens (including phenoxy) is 1. The zero-order valence-corrected chi connectivity index (χ0v) is 19.6. The van der Waals surface area contributed by atoms with Gasteiger partial charge in [0.25, 0.3) is 11.8 Å². The Hall–Kier alpha value is -3.86. The predicted octanol–water partition coefficient (Wildman–Crippen LogP) is 5.70. The Morgan fingerprint density at radius 1 is 0.818 bits per heavy atom. The summed E-state index contributed by atoms with van der Waals surface area (Å²) < 4.78 is 5.51. The minimum atomic E-state index is -0.396. The minimum absolute atomic E-state index is 0.0318. The van der Waals surface area contributed by atoms with E-state index in [-0.39, 0.29) is 17.0 Å². The van der Waals surface area contributed by atoms with E-state index < -0.39 is 5.91 Å². The second-order valence-corrected chi connectivity index (χ2v) is 9.13. The van der Waals surface area contributed by atoms with Gasteiger partial charge in [-0.25, -0.2) is 4.90 Å². The number of carbonyl (C=O) groups excluding carboxylic acids is 2. The Bertz CT molecular complexity index is 1250. The van der Waals surface area contributed by atoms with Crippen LogP contribution < -0.4 is 15.0 Å². The van der Waals surface area contributed by atoms with Gasteiger partial charge in [-0.2, -0.15) is 0 Å². The fourth-order valence-electron chi connectivity index (χ4n) is 3.94. The van der Waals surface area contributed by atoms with Gasteiger partial charge >= 0.3 is 0 Å². The number of anilines is 2. The summed E-state index contributed by atoms with van der Waals surface area (Å²) in [6.07, 6.45) is 0. The van der Waals surface area contributed by atoms with Gasteiger partial charge in [-0.15, -0.1) is 0 Å². The number of carbonyl (C=O) groups is 2. The molecule has 0 aromatic heterocycles. The van der Waals surface area contributed by atoms with Crippen molar-refractivity contribution in [2.75, 3.05) is 17.3 Å². The maximum atomic E-state index is 13.7. The average Bonchev–Trinajstić information content (AvgIpc) is 3.04. The predicted molar refractivity (Wildman–Crippen MR) is 132 cm³/mol. The summed E-state index contributed by atoms with van der Waals surface area (Å²) in [5, 5.41) is 3.24. The number of nitrogens with zero attached hydrogens (tertiary/aromatic N) is 1. The second-order valence-electron chi connectivity index (χ2n) is 9.13. The van der Waals surface area contributed by atoms with Gasteiger partial charge in [0.05, 0.1) is 18.4 Å². The van der Waals surface area contributed by atoms with Crippen LogP contribution >= 0.6 is 0 Å². The molecule has 5 heteroatoms. The van der Waals surface area contributed by atoms with E-state index in [1.165, 1.54) is 4.90 Å². The summed E-state index contributed by atoms with van der Waals surface area (Å²) in [5.74, 6) is -0.251. The summed E-state index contributed by atoms with van der Waals surface area (Å²) in [5.41, 5.74) is 4.47. The maximum absolute atomic E-state index is 13.7. The number of para-hydroxylation sites is 2. The number of benzene rings is 3. The van der Waals surface area contributed by atoms with Crippen molar-refractivity contribution in [1.29, 1.82) is 0 Å². The highest BCUT2D eigenvalue weighted by Gasteiger charge is 2.41. The van der Waals surface area contributed by atoms with Crippen molar-refractivity contribution in [1.82, 2.24) is 0 Å². The quantitative estimate of drug-likeness (QED) is 0.517. The molecule has 1 aliphatic heterocycles. The van der Waals surface area contributed by atoms with Crippen LogP contribution in [0.15, 0.2) is 78.5 Å². The Morgan fingerprint density at radius 3 is 2.09 bits per heavy atom. The molecule has 168 valence electrons. The molecule has 3 aromatic carbocycles. The molecule has 1 aliphatic rings. The molecule has 3 aromatic rings. The Morgan fingerprint density at radius 2 is 1.45 bits per heavy atom. The van der Waals surface area contributed by atoms with Crippen LogP contribution in [-0.4, -0.2) is 18.9 Å². The van der Waals surface area contributed by atoms with E-state index in [0.29, 0.717) is 22.6 Å². The van der Waals surface area contributed by atoms with Crippen molar-refractivity contribution < 1.29 is 14.3 Å².